The van der Waals surface area contributed by atoms with Crippen LogP contribution < -0.4 is 4.74 Å². The molecule has 0 bridgehead atoms. The molecule has 0 radical (unpaired) electrons. The van der Waals surface area contributed by atoms with Gasteiger partial charge in [0.05, 0.1) is 0 Å². The molecule has 2 rings (SSSR count). The van der Waals surface area contributed by atoms with Gasteiger partial charge in [0.15, 0.2) is 0 Å². The molecular weight excluding hydrogens is 288 g/mol. The monoisotopic (exact) mass is 304 g/mol. The van der Waals surface area contributed by atoms with Gasteiger partial charge in [-0.15, -0.1) is 0 Å². The van der Waals surface area contributed by atoms with Crippen LogP contribution in [0.25, 0.3) is 0 Å². The van der Waals surface area contributed by atoms with Crippen molar-refractivity contribution in [1.82, 2.24) is 0 Å². The molecule has 110 valence electrons. The van der Waals surface area contributed by atoms with Crippen LogP contribution in [-0.2, 0) is 0 Å². The summed E-state index contributed by atoms with van der Waals surface area (Å²) in [6.07, 6.45) is 0.979. The van der Waals surface area contributed by atoms with Crippen LogP contribution in [0.2, 0.25) is 5.02 Å². The molecule has 1 atom stereocenters. The Kier molecular flexibility index (Phi) is 4.86. The van der Waals surface area contributed by atoms with E-state index in [1.807, 2.05) is 24.3 Å². The molecule has 0 fully saturated rings. The normalized spacial score (nSPS) is 12.0. The second-order valence-electron chi connectivity index (χ2n) is 4.89. The van der Waals surface area contributed by atoms with Gasteiger partial charge in [-0.1, -0.05) is 43.6 Å². The zero-order valence-electron chi connectivity index (χ0n) is 12.0. The first-order chi connectivity index (χ1) is 10.0. The van der Waals surface area contributed by atoms with Gasteiger partial charge in [0.25, 0.3) is 0 Å². The summed E-state index contributed by atoms with van der Waals surface area (Å²) in [5.74, 6) is 0.245. The van der Waals surface area contributed by atoms with Gasteiger partial charge < -0.3 is 9.84 Å². The number of rotatable bonds is 5. The quantitative estimate of drug-likeness (QED) is 0.810. The van der Waals surface area contributed by atoms with Crippen molar-refractivity contribution >= 4 is 17.6 Å². The van der Waals surface area contributed by atoms with Gasteiger partial charge in [0, 0.05) is 5.02 Å². The SMILES string of the molecule is CCC(C)c1ccccc1Oc1ccc(Cl)cc1C(=O)O. The van der Waals surface area contributed by atoms with Crippen LogP contribution >= 0.6 is 11.6 Å². The molecule has 0 aromatic heterocycles. The number of aromatic carboxylic acids is 1. The van der Waals surface area contributed by atoms with E-state index in [1.165, 1.54) is 6.07 Å². The predicted octanol–water partition coefficient (Wildman–Crippen LogP) is 5.34. The van der Waals surface area contributed by atoms with Gasteiger partial charge in [0.2, 0.25) is 0 Å². The maximum atomic E-state index is 11.3. The van der Waals surface area contributed by atoms with Crippen molar-refractivity contribution in [2.24, 2.45) is 0 Å². The molecule has 3 nitrogen and oxygen atoms in total. The number of hydrogen-bond donors (Lipinski definition) is 1. The Morgan fingerprint density at radius 3 is 2.62 bits per heavy atom. The van der Waals surface area contributed by atoms with Crippen LogP contribution in [0, 0.1) is 0 Å². The predicted molar refractivity (Wildman–Crippen MR) is 83.6 cm³/mol. The highest BCUT2D eigenvalue weighted by atomic mass is 35.5. The molecule has 2 aromatic rings. The second-order valence-corrected chi connectivity index (χ2v) is 5.33. The zero-order valence-corrected chi connectivity index (χ0v) is 12.7. The van der Waals surface area contributed by atoms with Gasteiger partial charge in [-0.3, -0.25) is 0 Å². The summed E-state index contributed by atoms with van der Waals surface area (Å²) in [5.41, 5.74) is 1.12. The van der Waals surface area contributed by atoms with Gasteiger partial charge in [-0.25, -0.2) is 4.79 Å². The van der Waals surface area contributed by atoms with E-state index in [9.17, 15) is 9.90 Å². The maximum Gasteiger partial charge on any atom is 0.339 e. The van der Waals surface area contributed by atoms with Gasteiger partial charge in [0.1, 0.15) is 17.1 Å². The average molecular weight is 305 g/mol. The third-order valence-electron chi connectivity index (χ3n) is 3.45. The molecule has 0 heterocycles. The number of halogens is 1. The van der Waals surface area contributed by atoms with Crippen LogP contribution in [0.5, 0.6) is 11.5 Å². The first-order valence-corrected chi connectivity index (χ1v) is 7.20. The summed E-state index contributed by atoms with van der Waals surface area (Å²) in [7, 11) is 0. The van der Waals surface area contributed by atoms with Crippen molar-refractivity contribution in [2.45, 2.75) is 26.2 Å². The maximum absolute atomic E-state index is 11.3. The van der Waals surface area contributed by atoms with Gasteiger partial charge >= 0.3 is 5.97 Å². The molecule has 0 aliphatic heterocycles. The van der Waals surface area contributed by atoms with E-state index in [4.69, 9.17) is 16.3 Å². The minimum absolute atomic E-state index is 0.0569. The van der Waals surface area contributed by atoms with E-state index >= 15 is 0 Å². The summed E-state index contributed by atoms with van der Waals surface area (Å²) >= 11 is 5.85. The van der Waals surface area contributed by atoms with E-state index in [1.54, 1.807) is 12.1 Å². The molecule has 0 amide bonds. The van der Waals surface area contributed by atoms with E-state index in [0.717, 1.165) is 12.0 Å². The topological polar surface area (TPSA) is 46.5 Å². The third-order valence-corrected chi connectivity index (χ3v) is 3.69. The summed E-state index contributed by atoms with van der Waals surface area (Å²) in [6.45, 7) is 4.22. The van der Waals surface area contributed by atoms with Crippen molar-refractivity contribution in [1.29, 1.82) is 0 Å². The fourth-order valence-corrected chi connectivity index (χ4v) is 2.25. The number of hydrogen-bond acceptors (Lipinski definition) is 2. The lowest BCUT2D eigenvalue weighted by Gasteiger charge is -2.16. The number of carboxylic acids is 1. The van der Waals surface area contributed by atoms with Crippen molar-refractivity contribution in [3.63, 3.8) is 0 Å². The number of para-hydroxylation sites is 1. The Bertz CT molecular complexity index is 652. The average Bonchev–Trinajstić information content (AvgIpc) is 2.48. The molecule has 1 N–H and O–H groups in total. The number of carboxylic acid groups (broad SMARTS) is 1. The number of ether oxygens (including phenoxy) is 1. The van der Waals surface area contributed by atoms with Crippen LogP contribution in [0.3, 0.4) is 0 Å². The molecule has 4 heteroatoms. The Balaban J connectivity index is 2.41. The minimum atomic E-state index is -1.06. The lowest BCUT2D eigenvalue weighted by atomic mass is 9.98. The fourth-order valence-electron chi connectivity index (χ4n) is 2.08. The van der Waals surface area contributed by atoms with Crippen LogP contribution in [0.4, 0.5) is 0 Å². The Labute approximate surface area is 129 Å². The highest BCUT2D eigenvalue weighted by Gasteiger charge is 2.15. The summed E-state index contributed by atoms with van der Waals surface area (Å²) < 4.78 is 5.84. The van der Waals surface area contributed by atoms with Crippen LogP contribution in [0.15, 0.2) is 42.5 Å². The molecule has 0 aliphatic carbocycles. The van der Waals surface area contributed by atoms with Crippen molar-refractivity contribution in [3.05, 3.63) is 58.6 Å². The number of benzene rings is 2. The first-order valence-electron chi connectivity index (χ1n) is 6.82. The van der Waals surface area contributed by atoms with Crippen molar-refractivity contribution in [3.8, 4) is 11.5 Å². The molecule has 21 heavy (non-hydrogen) atoms. The summed E-state index contributed by atoms with van der Waals surface area (Å²) in [5, 5.41) is 9.62. The van der Waals surface area contributed by atoms with Crippen LogP contribution in [-0.4, -0.2) is 11.1 Å². The molecule has 2 aromatic carbocycles. The molecule has 0 spiro atoms. The number of carbonyl (C=O) groups is 1. The highest BCUT2D eigenvalue weighted by Crippen LogP contribution is 2.34. The molecule has 0 aliphatic rings. The van der Waals surface area contributed by atoms with Gasteiger partial charge in [-0.05, 0) is 42.2 Å². The van der Waals surface area contributed by atoms with Gasteiger partial charge in [-0.2, -0.15) is 0 Å². The lowest BCUT2D eigenvalue weighted by Crippen LogP contribution is -2.02. The summed E-state index contributed by atoms with van der Waals surface area (Å²) in [4.78, 5) is 11.3. The fraction of sp³-hybridized carbons (Fsp3) is 0.235. The molecule has 1 unspecified atom stereocenters. The Morgan fingerprint density at radius 2 is 1.95 bits per heavy atom. The smallest absolute Gasteiger partial charge is 0.339 e. The largest absolute Gasteiger partial charge is 0.478 e. The van der Waals surface area contributed by atoms with Crippen molar-refractivity contribution < 1.29 is 14.6 Å². The Morgan fingerprint density at radius 1 is 1.24 bits per heavy atom. The van der Waals surface area contributed by atoms with E-state index in [-0.39, 0.29) is 5.56 Å². The molecular formula is C17H17ClO3. The Hall–Kier alpha value is -2.00. The first kappa shape index (κ1) is 15.4. The zero-order chi connectivity index (χ0) is 15.4. The second kappa shape index (κ2) is 6.64. The minimum Gasteiger partial charge on any atom is -0.478 e. The highest BCUT2D eigenvalue weighted by molar-refractivity contribution is 6.31. The summed E-state index contributed by atoms with van der Waals surface area (Å²) in [6, 6.07) is 12.3. The van der Waals surface area contributed by atoms with E-state index in [2.05, 4.69) is 13.8 Å². The molecule has 0 saturated heterocycles. The lowest BCUT2D eigenvalue weighted by molar-refractivity contribution is 0.0694. The third kappa shape index (κ3) is 3.56. The van der Waals surface area contributed by atoms with Crippen molar-refractivity contribution in [2.75, 3.05) is 0 Å². The standard InChI is InChI=1S/C17H17ClO3/c1-3-11(2)13-6-4-5-7-15(13)21-16-9-8-12(18)10-14(16)17(19)20/h4-11H,3H2,1-2H3,(H,19,20). The van der Waals surface area contributed by atoms with E-state index in [0.29, 0.717) is 22.4 Å². The van der Waals surface area contributed by atoms with E-state index < -0.39 is 5.97 Å². The van der Waals surface area contributed by atoms with Crippen LogP contribution in [0.1, 0.15) is 42.1 Å². The molecule has 0 saturated carbocycles.